The van der Waals surface area contributed by atoms with Gasteiger partial charge in [0, 0.05) is 38.8 Å². The predicted octanol–water partition coefficient (Wildman–Crippen LogP) is 2.10. The number of nitrogens with one attached hydrogen (secondary N) is 5. The number of ether oxygens (including phenoxy) is 2. The number of aldehydes is 2. The number of rotatable bonds is 23. The molecule has 21 heteroatoms. The van der Waals surface area contributed by atoms with Crippen molar-refractivity contribution in [2.24, 2.45) is 5.73 Å². The third-order valence-electron chi connectivity index (χ3n) is 7.69. The van der Waals surface area contributed by atoms with Crippen LogP contribution in [0.15, 0.2) is 60.7 Å². The Morgan fingerprint density at radius 1 is 0.891 bits per heavy atom. The van der Waals surface area contributed by atoms with E-state index in [9.17, 15) is 41.9 Å². The second kappa shape index (κ2) is 37.7. The van der Waals surface area contributed by atoms with E-state index in [4.69, 9.17) is 30.2 Å². The van der Waals surface area contributed by atoms with Crippen molar-refractivity contribution in [2.75, 3.05) is 58.9 Å². The first kappa shape index (κ1) is 60.3. The number of carbonyl (C=O) groups is 7. The molecule has 0 saturated carbocycles. The molecule has 0 aliphatic rings. The Morgan fingerprint density at radius 2 is 1.50 bits per heavy atom. The summed E-state index contributed by atoms with van der Waals surface area (Å²) in [5.74, 6) is -6.91. The van der Waals surface area contributed by atoms with E-state index >= 15 is 0 Å². The smallest absolute Gasteiger partial charge is 0.300 e. The van der Waals surface area contributed by atoms with E-state index in [1.807, 2.05) is 65.6 Å². The molecule has 0 bridgehead atoms. The Balaban J connectivity index is 0. The number of Topliss-reactive ketones (excluding diaryl/α,β-unsaturated/α-hetero) is 1. The fourth-order valence-corrected chi connectivity index (χ4v) is 4.99. The van der Waals surface area contributed by atoms with E-state index in [1.165, 1.54) is 5.56 Å². The molecular formula is C43H62F3N6O11P. The molecule has 0 aliphatic carbocycles. The van der Waals surface area contributed by atoms with E-state index in [1.54, 1.807) is 7.05 Å². The third-order valence-corrected chi connectivity index (χ3v) is 8.23. The van der Waals surface area contributed by atoms with Crippen molar-refractivity contribution in [1.29, 1.82) is 0 Å². The quantitative estimate of drug-likeness (QED) is 0.0293. The maximum atomic E-state index is 13.3. The zero-order valence-corrected chi connectivity index (χ0v) is 37.9. The molecule has 64 heavy (non-hydrogen) atoms. The number of ketones is 1. The normalized spacial score (nSPS) is 10.7. The zero-order chi connectivity index (χ0) is 48.9. The van der Waals surface area contributed by atoms with Crippen molar-refractivity contribution >= 4 is 62.3 Å². The number of aliphatic hydroxyl groups excluding tert-OH is 1. The van der Waals surface area contributed by atoms with Crippen LogP contribution in [0.2, 0.25) is 0 Å². The van der Waals surface area contributed by atoms with Crippen molar-refractivity contribution in [2.45, 2.75) is 65.1 Å². The van der Waals surface area contributed by atoms with Crippen LogP contribution in [0, 0.1) is 24.4 Å². The third kappa shape index (κ3) is 28.7. The average Bonchev–Trinajstić information content (AvgIpc) is 3.27. The molecule has 3 aromatic rings. The number of carbonyl (C=O) groups excluding carboxylic acids is 6. The SMILES string of the molecule is CC(=O)O.CCOCc1ccccc1.CNCC(=O)COc1c(F)c(F)cc(F)c1P.CO.Cc1ccccc1NCC(=O)NC(CCCC=O)C(=O)NCC(=O)NC(C=O)CCN. The van der Waals surface area contributed by atoms with Crippen LogP contribution in [0.5, 0.6) is 5.75 Å². The molecule has 3 atom stereocenters. The highest BCUT2D eigenvalue weighted by Gasteiger charge is 2.22. The topological polar surface area (TPSA) is 265 Å². The molecule has 3 unspecified atom stereocenters. The number of likely N-dealkylation sites (N-methyl/N-ethyl adjacent to an activating group) is 1. The van der Waals surface area contributed by atoms with Gasteiger partial charge in [0.1, 0.15) is 31.0 Å². The number of nitrogens with two attached hydrogens (primary N) is 1. The van der Waals surface area contributed by atoms with E-state index in [0.717, 1.165) is 44.8 Å². The molecule has 0 aliphatic heterocycles. The van der Waals surface area contributed by atoms with Crippen molar-refractivity contribution < 1.29 is 66.4 Å². The molecule has 0 fully saturated rings. The van der Waals surface area contributed by atoms with Gasteiger partial charge in [-0.15, -0.1) is 0 Å². The highest BCUT2D eigenvalue weighted by Crippen LogP contribution is 2.22. The monoisotopic (exact) mass is 926 g/mol. The van der Waals surface area contributed by atoms with Crippen LogP contribution in [-0.2, 0) is 44.9 Å². The van der Waals surface area contributed by atoms with Gasteiger partial charge in [0.05, 0.1) is 37.6 Å². The summed E-state index contributed by atoms with van der Waals surface area (Å²) >= 11 is 0. The molecule has 0 heterocycles. The Bertz CT molecular complexity index is 1820. The molecular weight excluding hydrogens is 864 g/mol. The van der Waals surface area contributed by atoms with Gasteiger partial charge in [0.25, 0.3) is 5.97 Å². The fourth-order valence-electron chi connectivity index (χ4n) is 4.69. The maximum Gasteiger partial charge on any atom is 0.300 e. The number of unbranched alkanes of at least 4 members (excludes halogenated alkanes) is 1. The summed E-state index contributed by atoms with van der Waals surface area (Å²) in [6.45, 7) is 5.93. The number of carboxylic acids is 1. The molecule has 9 N–H and O–H groups in total. The standard InChI is InChI=1S/C21H31N5O5.C10H11F3NO2P.C9H12O.C2H4O2.CH4O/c1-15-6-2-3-7-17(15)23-12-20(30)26-18(8-4-5-11-27)21(31)24-13-19(29)25-16(14-28)9-10-22;1-14-3-5(15)4-16-9-8(13)6(11)2-7(12)10(9)17;1-2-10-8-9-6-4-3-5-7-9;1-2(3)4;1-2/h2-3,6-7,11,14,16,18,23H,4-5,8-10,12-13,22H2,1H3,(H,24,31)(H,25,29)(H,26,30);2,14H,3-4,17H2,1H3;3-7H,2,8H2,1H3;1H3,(H,3,4);2H,1H3. The number of carboxylic acid groups (broad SMARTS) is 1. The van der Waals surface area contributed by atoms with Crippen LogP contribution in [0.25, 0.3) is 0 Å². The van der Waals surface area contributed by atoms with Gasteiger partial charge < -0.3 is 61.6 Å². The van der Waals surface area contributed by atoms with Gasteiger partial charge in [-0.3, -0.25) is 24.0 Å². The number of aliphatic hydroxyl groups is 1. The molecule has 356 valence electrons. The molecule has 3 aromatic carbocycles. The fraction of sp³-hybridized carbons (Fsp3) is 0.419. The Morgan fingerprint density at radius 3 is 2.06 bits per heavy atom. The largest absolute Gasteiger partial charge is 0.482 e. The van der Waals surface area contributed by atoms with Crippen LogP contribution in [0.1, 0.15) is 50.7 Å². The van der Waals surface area contributed by atoms with Gasteiger partial charge in [0.2, 0.25) is 23.5 Å². The highest BCUT2D eigenvalue weighted by atomic mass is 31.0. The summed E-state index contributed by atoms with van der Waals surface area (Å²) in [5.41, 5.74) is 8.39. The van der Waals surface area contributed by atoms with Crippen LogP contribution in [0.4, 0.5) is 18.9 Å². The second-order valence-electron chi connectivity index (χ2n) is 12.9. The highest BCUT2D eigenvalue weighted by molar-refractivity contribution is 7.27. The Hall–Kier alpha value is -5.79. The molecule has 0 saturated heterocycles. The minimum atomic E-state index is -1.36. The zero-order valence-electron chi connectivity index (χ0n) is 36.7. The summed E-state index contributed by atoms with van der Waals surface area (Å²) in [7, 11) is 4.46. The predicted molar refractivity (Wildman–Crippen MR) is 240 cm³/mol. The second-order valence-corrected chi connectivity index (χ2v) is 13.5. The van der Waals surface area contributed by atoms with Gasteiger partial charge in [-0.05, 0) is 63.9 Å². The molecule has 3 amide bonds. The van der Waals surface area contributed by atoms with Gasteiger partial charge in [-0.25, -0.2) is 8.78 Å². The summed E-state index contributed by atoms with van der Waals surface area (Å²) < 4.78 is 49.2. The summed E-state index contributed by atoms with van der Waals surface area (Å²) in [6, 6.07) is 16.5. The number of para-hydroxylation sites is 1. The first-order chi connectivity index (χ1) is 30.5. The van der Waals surface area contributed by atoms with Gasteiger partial charge in [-0.2, -0.15) is 4.39 Å². The number of halogens is 3. The van der Waals surface area contributed by atoms with Crippen LogP contribution in [0.3, 0.4) is 0 Å². The summed E-state index contributed by atoms with van der Waals surface area (Å²) in [5, 5.41) is 27.3. The van der Waals surface area contributed by atoms with Gasteiger partial charge in [-0.1, -0.05) is 57.8 Å². The minimum absolute atomic E-state index is 0.0333. The van der Waals surface area contributed by atoms with E-state index in [-0.39, 0.29) is 50.1 Å². The molecule has 17 nitrogen and oxygen atoms in total. The molecule has 0 spiro atoms. The lowest BCUT2D eigenvalue weighted by Crippen LogP contribution is -2.51. The van der Waals surface area contributed by atoms with Crippen molar-refractivity contribution in [3.8, 4) is 5.75 Å². The number of aryl methyl sites for hydroxylation is 1. The summed E-state index contributed by atoms with van der Waals surface area (Å²) in [4.78, 5) is 78.3. The number of anilines is 1. The van der Waals surface area contributed by atoms with E-state index in [0.29, 0.717) is 25.2 Å². The van der Waals surface area contributed by atoms with Crippen molar-refractivity contribution in [1.82, 2.24) is 21.3 Å². The van der Waals surface area contributed by atoms with Crippen molar-refractivity contribution in [3.63, 3.8) is 0 Å². The minimum Gasteiger partial charge on any atom is -0.482 e. The van der Waals surface area contributed by atoms with Crippen LogP contribution in [-0.4, -0.2) is 118 Å². The number of aliphatic carboxylic acids is 1. The van der Waals surface area contributed by atoms with Gasteiger partial charge in [0.15, 0.2) is 17.3 Å². The first-order valence-corrected chi connectivity index (χ1v) is 20.3. The van der Waals surface area contributed by atoms with E-state index in [2.05, 4.69) is 38.7 Å². The molecule has 0 radical (unpaired) electrons. The number of amides is 3. The lowest BCUT2D eigenvalue weighted by atomic mass is 10.1. The number of hydrogen-bond acceptors (Lipinski definition) is 13. The van der Waals surface area contributed by atoms with Crippen LogP contribution < -0.4 is 42.4 Å². The molecule has 0 aromatic heterocycles. The lowest BCUT2D eigenvalue weighted by Gasteiger charge is -2.19. The van der Waals surface area contributed by atoms with Crippen molar-refractivity contribution in [3.05, 3.63) is 89.2 Å². The van der Waals surface area contributed by atoms with E-state index < -0.39 is 65.6 Å². The molecule has 3 rings (SSSR count). The average molecular weight is 927 g/mol. The summed E-state index contributed by atoms with van der Waals surface area (Å²) in [6.07, 6.45) is 2.51. The first-order valence-electron chi connectivity index (χ1n) is 19.8. The van der Waals surface area contributed by atoms with Gasteiger partial charge >= 0.3 is 0 Å². The Kier molecular flexibility index (Phi) is 35.6. The lowest BCUT2D eigenvalue weighted by molar-refractivity contribution is -0.134. The number of hydrogen-bond donors (Lipinski definition) is 8. The Labute approximate surface area is 374 Å². The number of benzene rings is 3. The maximum absolute atomic E-state index is 13.3. The van der Waals surface area contributed by atoms with Crippen LogP contribution >= 0.6 is 9.24 Å².